The summed E-state index contributed by atoms with van der Waals surface area (Å²) >= 11 is 0. The topological polar surface area (TPSA) is 30.5 Å². The maximum atomic E-state index is 5.25. The average Bonchev–Trinajstić information content (AvgIpc) is 3.31. The van der Waals surface area contributed by atoms with Crippen LogP contribution in [0.3, 0.4) is 0 Å². The van der Waals surface area contributed by atoms with Crippen LogP contribution in [0.2, 0.25) is 0 Å². The second kappa shape index (κ2) is 7.28. The van der Waals surface area contributed by atoms with Crippen molar-refractivity contribution in [3.05, 3.63) is 29.8 Å². The molecule has 1 N–H and O–H groups in total. The fourth-order valence-electron chi connectivity index (χ4n) is 2.65. The average molecular weight is 291 g/mol. The molecule has 1 atom stereocenters. The van der Waals surface area contributed by atoms with E-state index in [-0.39, 0.29) is 5.41 Å². The molecule has 0 radical (unpaired) electrons. The summed E-state index contributed by atoms with van der Waals surface area (Å²) in [6.07, 6.45) is 3.75. The molecule has 21 heavy (non-hydrogen) atoms. The standard InChI is InChI=1S/C18H29NO2/c1-18(2,11-12-20-3)13-19-17(14-5-6-14)15-7-9-16(21-4)10-8-15/h7-10,14,17,19H,5-6,11-13H2,1-4H3. The van der Waals surface area contributed by atoms with Crippen LogP contribution in [0.4, 0.5) is 0 Å². The summed E-state index contributed by atoms with van der Waals surface area (Å²) in [5.41, 5.74) is 1.64. The third-order valence-electron chi connectivity index (χ3n) is 4.35. The van der Waals surface area contributed by atoms with Crippen molar-refractivity contribution in [2.75, 3.05) is 27.4 Å². The first-order chi connectivity index (χ1) is 10.1. The lowest BCUT2D eigenvalue weighted by Gasteiger charge is -2.28. The van der Waals surface area contributed by atoms with Crippen LogP contribution < -0.4 is 10.1 Å². The highest BCUT2D eigenvalue weighted by Crippen LogP contribution is 2.41. The normalized spacial score (nSPS) is 16.8. The van der Waals surface area contributed by atoms with Crippen molar-refractivity contribution in [1.82, 2.24) is 5.32 Å². The summed E-state index contributed by atoms with van der Waals surface area (Å²) in [4.78, 5) is 0. The number of hydrogen-bond donors (Lipinski definition) is 1. The van der Waals surface area contributed by atoms with Crippen molar-refractivity contribution in [3.63, 3.8) is 0 Å². The van der Waals surface area contributed by atoms with E-state index >= 15 is 0 Å². The van der Waals surface area contributed by atoms with E-state index < -0.39 is 0 Å². The number of benzene rings is 1. The number of nitrogens with one attached hydrogen (secondary N) is 1. The first-order valence-electron chi connectivity index (χ1n) is 7.92. The molecule has 0 amide bonds. The van der Waals surface area contributed by atoms with E-state index in [1.54, 1.807) is 14.2 Å². The van der Waals surface area contributed by atoms with Gasteiger partial charge in [-0.05, 0) is 48.3 Å². The third-order valence-corrected chi connectivity index (χ3v) is 4.35. The minimum Gasteiger partial charge on any atom is -0.497 e. The molecule has 3 nitrogen and oxygen atoms in total. The van der Waals surface area contributed by atoms with Gasteiger partial charge in [0.05, 0.1) is 7.11 Å². The van der Waals surface area contributed by atoms with Gasteiger partial charge in [0.15, 0.2) is 0 Å². The zero-order valence-corrected chi connectivity index (χ0v) is 13.8. The van der Waals surface area contributed by atoms with Crippen LogP contribution in [0, 0.1) is 11.3 Å². The number of hydrogen-bond acceptors (Lipinski definition) is 3. The maximum absolute atomic E-state index is 5.25. The second-order valence-corrected chi connectivity index (χ2v) is 6.88. The lowest BCUT2D eigenvalue weighted by molar-refractivity contribution is 0.148. The van der Waals surface area contributed by atoms with Crippen LogP contribution in [0.1, 0.15) is 44.7 Å². The van der Waals surface area contributed by atoms with Crippen molar-refractivity contribution in [2.24, 2.45) is 11.3 Å². The minimum absolute atomic E-state index is 0.260. The monoisotopic (exact) mass is 291 g/mol. The molecule has 1 aliphatic carbocycles. The highest BCUT2D eigenvalue weighted by atomic mass is 16.5. The van der Waals surface area contributed by atoms with E-state index in [0.717, 1.165) is 31.2 Å². The predicted octanol–water partition coefficient (Wildman–Crippen LogP) is 3.80. The van der Waals surface area contributed by atoms with Crippen molar-refractivity contribution >= 4 is 0 Å². The van der Waals surface area contributed by atoms with Gasteiger partial charge in [-0.2, -0.15) is 0 Å². The number of methoxy groups -OCH3 is 2. The molecule has 1 fully saturated rings. The van der Waals surface area contributed by atoms with Gasteiger partial charge in [-0.3, -0.25) is 0 Å². The van der Waals surface area contributed by atoms with Crippen LogP contribution in [-0.2, 0) is 4.74 Å². The Morgan fingerprint density at radius 3 is 2.38 bits per heavy atom. The largest absolute Gasteiger partial charge is 0.497 e. The minimum atomic E-state index is 0.260. The smallest absolute Gasteiger partial charge is 0.118 e. The predicted molar refractivity (Wildman–Crippen MR) is 86.7 cm³/mol. The van der Waals surface area contributed by atoms with Gasteiger partial charge in [-0.1, -0.05) is 26.0 Å². The summed E-state index contributed by atoms with van der Waals surface area (Å²) in [6.45, 7) is 6.45. The Balaban J connectivity index is 1.95. The lowest BCUT2D eigenvalue weighted by atomic mass is 9.88. The molecule has 0 bridgehead atoms. The van der Waals surface area contributed by atoms with Gasteiger partial charge in [0.2, 0.25) is 0 Å². The molecule has 0 aromatic heterocycles. The van der Waals surface area contributed by atoms with Gasteiger partial charge in [-0.25, -0.2) is 0 Å². The van der Waals surface area contributed by atoms with Gasteiger partial charge in [0, 0.05) is 26.3 Å². The summed E-state index contributed by atoms with van der Waals surface area (Å²) in [5.74, 6) is 1.71. The second-order valence-electron chi connectivity index (χ2n) is 6.88. The van der Waals surface area contributed by atoms with E-state index in [9.17, 15) is 0 Å². The lowest BCUT2D eigenvalue weighted by Crippen LogP contribution is -2.34. The molecule has 1 aromatic carbocycles. The molecule has 3 heteroatoms. The molecule has 0 heterocycles. The van der Waals surface area contributed by atoms with Gasteiger partial charge in [0.1, 0.15) is 5.75 Å². The molecule has 118 valence electrons. The number of rotatable bonds is 9. The molecular weight excluding hydrogens is 262 g/mol. The van der Waals surface area contributed by atoms with Crippen LogP contribution in [0.5, 0.6) is 5.75 Å². The third kappa shape index (κ3) is 5.01. The number of ether oxygens (including phenoxy) is 2. The van der Waals surface area contributed by atoms with Crippen LogP contribution in [0.25, 0.3) is 0 Å². The first-order valence-corrected chi connectivity index (χ1v) is 7.92. The van der Waals surface area contributed by atoms with E-state index in [4.69, 9.17) is 9.47 Å². The Labute approximate surface area is 129 Å². The Morgan fingerprint density at radius 2 is 1.86 bits per heavy atom. The summed E-state index contributed by atoms with van der Waals surface area (Å²) in [5, 5.41) is 3.79. The van der Waals surface area contributed by atoms with E-state index in [1.807, 2.05) is 0 Å². The Bertz CT molecular complexity index is 423. The van der Waals surface area contributed by atoms with Crippen molar-refractivity contribution in [3.8, 4) is 5.75 Å². The Morgan fingerprint density at radius 1 is 1.19 bits per heavy atom. The fourth-order valence-corrected chi connectivity index (χ4v) is 2.65. The SMILES string of the molecule is COCCC(C)(C)CNC(c1ccc(OC)cc1)C1CC1. The van der Waals surface area contributed by atoms with Crippen LogP contribution in [0.15, 0.2) is 24.3 Å². The van der Waals surface area contributed by atoms with E-state index in [2.05, 4.69) is 43.4 Å². The van der Waals surface area contributed by atoms with Gasteiger partial charge in [0.25, 0.3) is 0 Å². The van der Waals surface area contributed by atoms with Gasteiger partial charge in [-0.15, -0.1) is 0 Å². The maximum Gasteiger partial charge on any atom is 0.118 e. The van der Waals surface area contributed by atoms with E-state index in [1.165, 1.54) is 18.4 Å². The summed E-state index contributed by atoms with van der Waals surface area (Å²) < 4.78 is 10.5. The van der Waals surface area contributed by atoms with Crippen molar-refractivity contribution in [2.45, 2.75) is 39.2 Å². The Hall–Kier alpha value is -1.06. The molecule has 1 saturated carbocycles. The van der Waals surface area contributed by atoms with Crippen LogP contribution >= 0.6 is 0 Å². The molecule has 0 spiro atoms. The fraction of sp³-hybridized carbons (Fsp3) is 0.667. The molecule has 0 aliphatic heterocycles. The zero-order chi connectivity index (χ0) is 15.3. The molecule has 0 saturated heterocycles. The highest BCUT2D eigenvalue weighted by Gasteiger charge is 2.33. The van der Waals surface area contributed by atoms with Gasteiger partial charge < -0.3 is 14.8 Å². The van der Waals surface area contributed by atoms with E-state index in [0.29, 0.717) is 6.04 Å². The molecule has 2 rings (SSSR count). The Kier molecular flexibility index (Phi) is 5.65. The van der Waals surface area contributed by atoms with Gasteiger partial charge >= 0.3 is 0 Å². The summed E-state index contributed by atoms with van der Waals surface area (Å²) in [7, 11) is 3.48. The zero-order valence-electron chi connectivity index (χ0n) is 13.8. The first kappa shape index (κ1) is 16.3. The summed E-state index contributed by atoms with van der Waals surface area (Å²) in [6, 6.07) is 8.97. The van der Waals surface area contributed by atoms with Crippen LogP contribution in [-0.4, -0.2) is 27.4 Å². The molecule has 1 unspecified atom stereocenters. The molecular formula is C18H29NO2. The highest BCUT2D eigenvalue weighted by molar-refractivity contribution is 5.30. The quantitative estimate of drug-likeness (QED) is 0.750. The molecule has 1 aromatic rings. The molecule has 1 aliphatic rings. The van der Waals surface area contributed by atoms with Crippen molar-refractivity contribution < 1.29 is 9.47 Å². The van der Waals surface area contributed by atoms with Crippen molar-refractivity contribution in [1.29, 1.82) is 0 Å².